The van der Waals surface area contributed by atoms with E-state index in [0.29, 0.717) is 21.8 Å². The van der Waals surface area contributed by atoms with Crippen LogP contribution in [0.4, 0.5) is 0 Å². The summed E-state index contributed by atoms with van der Waals surface area (Å²) in [5.74, 6) is -2.41. The van der Waals surface area contributed by atoms with Crippen molar-refractivity contribution in [2.45, 2.75) is 19.4 Å². The Labute approximate surface area is 163 Å². The van der Waals surface area contributed by atoms with Gasteiger partial charge in [0.05, 0.1) is 11.4 Å². The summed E-state index contributed by atoms with van der Waals surface area (Å²) in [4.78, 5) is 41.0. The van der Waals surface area contributed by atoms with Gasteiger partial charge in [-0.25, -0.2) is 0 Å². The largest absolute Gasteiger partial charge is 0.363 e. The van der Waals surface area contributed by atoms with Crippen molar-refractivity contribution in [3.63, 3.8) is 0 Å². The molecule has 0 spiro atoms. The first kappa shape index (κ1) is 18.9. The highest BCUT2D eigenvalue weighted by molar-refractivity contribution is 7.08. The summed E-state index contributed by atoms with van der Waals surface area (Å²) < 4.78 is 4.24. The van der Waals surface area contributed by atoms with Crippen molar-refractivity contribution in [1.29, 1.82) is 0 Å². The van der Waals surface area contributed by atoms with Gasteiger partial charge in [0.2, 0.25) is 5.78 Å². The number of pyridine rings is 1. The van der Waals surface area contributed by atoms with Crippen LogP contribution in [-0.4, -0.2) is 33.0 Å². The molecule has 0 radical (unpaired) electrons. The monoisotopic (exact) mass is 400 g/mol. The Bertz CT molecular complexity index is 968. The molecule has 27 heavy (non-hydrogen) atoms. The third-order valence-corrected chi connectivity index (χ3v) is 5.54. The Morgan fingerprint density at radius 1 is 1.26 bits per heavy atom. The van der Waals surface area contributed by atoms with Crippen molar-refractivity contribution in [3.8, 4) is 11.3 Å². The summed E-state index contributed by atoms with van der Waals surface area (Å²) in [5.41, 5.74) is 7.88. The topological polar surface area (TPSA) is 115 Å². The van der Waals surface area contributed by atoms with E-state index in [1.165, 1.54) is 11.3 Å². The lowest BCUT2D eigenvalue weighted by Gasteiger charge is -2.15. The molecule has 0 aliphatic heterocycles. The highest BCUT2D eigenvalue weighted by Gasteiger charge is 2.28. The normalized spacial score (nSPS) is 11.7. The number of thiophene rings is 1. The predicted molar refractivity (Wildman–Crippen MR) is 104 cm³/mol. The van der Waals surface area contributed by atoms with Gasteiger partial charge in [-0.15, -0.1) is 0 Å². The molecule has 0 aromatic carbocycles. The number of rotatable bonds is 7. The minimum absolute atomic E-state index is 0.188. The van der Waals surface area contributed by atoms with E-state index in [1.54, 1.807) is 25.3 Å². The number of nitrogens with one attached hydrogen (secondary N) is 1. The zero-order chi connectivity index (χ0) is 19.4. The van der Waals surface area contributed by atoms with Gasteiger partial charge in [-0.2, -0.15) is 15.7 Å². The maximum absolute atomic E-state index is 12.8. The molecule has 9 heteroatoms. The molecule has 0 saturated carbocycles. The summed E-state index contributed by atoms with van der Waals surface area (Å²) >= 11 is 2.49. The van der Waals surface area contributed by atoms with Crippen molar-refractivity contribution < 1.29 is 14.4 Å². The van der Waals surface area contributed by atoms with E-state index in [2.05, 4.69) is 14.7 Å². The average molecular weight is 400 g/mol. The average Bonchev–Trinajstić information content (AvgIpc) is 3.30. The first-order valence-corrected chi connectivity index (χ1v) is 9.72. The summed E-state index contributed by atoms with van der Waals surface area (Å²) in [6, 6.07) is 6.17. The van der Waals surface area contributed by atoms with Crippen LogP contribution in [0, 0.1) is 6.92 Å². The van der Waals surface area contributed by atoms with Gasteiger partial charge in [0, 0.05) is 18.2 Å². The van der Waals surface area contributed by atoms with Crippen LogP contribution in [0.3, 0.4) is 0 Å². The van der Waals surface area contributed by atoms with Crippen LogP contribution in [-0.2, 0) is 16.0 Å². The highest BCUT2D eigenvalue weighted by atomic mass is 32.1. The van der Waals surface area contributed by atoms with Crippen molar-refractivity contribution in [2.24, 2.45) is 5.73 Å². The van der Waals surface area contributed by atoms with E-state index in [4.69, 9.17) is 5.73 Å². The first-order chi connectivity index (χ1) is 13.0. The van der Waals surface area contributed by atoms with E-state index in [1.807, 2.05) is 22.9 Å². The molecule has 0 aliphatic carbocycles. The van der Waals surface area contributed by atoms with E-state index < -0.39 is 23.6 Å². The molecular formula is C18H16N4O3S2. The van der Waals surface area contributed by atoms with E-state index in [0.717, 1.165) is 17.1 Å². The molecule has 0 aliphatic rings. The number of aromatic nitrogens is 2. The van der Waals surface area contributed by atoms with Gasteiger partial charge in [0.15, 0.2) is 0 Å². The highest BCUT2D eigenvalue weighted by Crippen LogP contribution is 2.28. The molecule has 3 aromatic heterocycles. The summed E-state index contributed by atoms with van der Waals surface area (Å²) in [6.45, 7) is 1.79. The number of carbonyl (C=O) groups is 3. The van der Waals surface area contributed by atoms with Crippen LogP contribution in [0.15, 0.2) is 41.2 Å². The fourth-order valence-electron chi connectivity index (χ4n) is 2.59. The molecule has 3 heterocycles. The second-order valence-electron chi connectivity index (χ2n) is 5.78. The third-order valence-electron chi connectivity index (χ3n) is 3.87. The van der Waals surface area contributed by atoms with E-state index in [-0.39, 0.29) is 6.42 Å². The zero-order valence-electron chi connectivity index (χ0n) is 14.3. The minimum Gasteiger partial charge on any atom is -0.363 e. The smallest absolute Gasteiger partial charge is 0.287 e. The Morgan fingerprint density at radius 2 is 2.07 bits per heavy atom. The van der Waals surface area contributed by atoms with Crippen LogP contribution in [0.2, 0.25) is 0 Å². The Balaban J connectivity index is 1.88. The molecule has 3 aromatic rings. The number of aryl methyl sites for hydroxylation is 1. The van der Waals surface area contributed by atoms with E-state index >= 15 is 0 Å². The fraction of sp³-hybridized carbons (Fsp3) is 0.167. The van der Waals surface area contributed by atoms with Gasteiger partial charge in [-0.1, -0.05) is 6.07 Å². The van der Waals surface area contributed by atoms with Gasteiger partial charge in [0.1, 0.15) is 10.9 Å². The molecule has 0 fully saturated rings. The number of carbonyl (C=O) groups excluding carboxylic acids is 3. The molecule has 1 unspecified atom stereocenters. The second kappa shape index (κ2) is 8.19. The maximum atomic E-state index is 12.8. The first-order valence-electron chi connectivity index (χ1n) is 8.00. The summed E-state index contributed by atoms with van der Waals surface area (Å²) in [5, 5.41) is 6.34. The number of primary amides is 1. The predicted octanol–water partition coefficient (Wildman–Crippen LogP) is 1.97. The van der Waals surface area contributed by atoms with Gasteiger partial charge in [-0.3, -0.25) is 19.4 Å². The Morgan fingerprint density at radius 3 is 2.70 bits per heavy atom. The molecular weight excluding hydrogens is 384 g/mol. The van der Waals surface area contributed by atoms with Crippen LogP contribution < -0.4 is 11.1 Å². The number of Topliss-reactive ketones (excluding diaryl/α,β-unsaturated/α-hetero) is 1. The lowest BCUT2D eigenvalue weighted by atomic mass is 10.0. The van der Waals surface area contributed by atoms with Crippen molar-refractivity contribution in [2.75, 3.05) is 0 Å². The third kappa shape index (κ3) is 4.26. The Hall–Kier alpha value is -2.91. The molecule has 2 amide bonds. The molecule has 0 saturated heterocycles. The lowest BCUT2D eigenvalue weighted by molar-refractivity contribution is -0.137. The lowest BCUT2D eigenvalue weighted by Crippen LogP contribution is -2.47. The van der Waals surface area contributed by atoms with Crippen LogP contribution in [0.25, 0.3) is 11.3 Å². The number of amides is 2. The van der Waals surface area contributed by atoms with Gasteiger partial charge in [0.25, 0.3) is 11.8 Å². The molecule has 0 bridgehead atoms. The number of hydrogen-bond donors (Lipinski definition) is 2. The molecule has 1 atom stereocenters. The van der Waals surface area contributed by atoms with Crippen LogP contribution in [0.5, 0.6) is 0 Å². The van der Waals surface area contributed by atoms with Crippen molar-refractivity contribution in [1.82, 2.24) is 14.7 Å². The molecule has 3 rings (SSSR count). The summed E-state index contributed by atoms with van der Waals surface area (Å²) in [6.07, 6.45) is 1.82. The summed E-state index contributed by atoms with van der Waals surface area (Å²) in [7, 11) is 0. The molecule has 7 nitrogen and oxygen atoms in total. The van der Waals surface area contributed by atoms with Crippen LogP contribution >= 0.6 is 22.9 Å². The number of nitrogens with zero attached hydrogens (tertiary/aromatic N) is 2. The van der Waals surface area contributed by atoms with Crippen molar-refractivity contribution >= 4 is 40.5 Å². The fourth-order valence-corrected chi connectivity index (χ4v) is 4.07. The van der Waals surface area contributed by atoms with E-state index in [9.17, 15) is 14.4 Å². The van der Waals surface area contributed by atoms with Gasteiger partial charge >= 0.3 is 0 Å². The van der Waals surface area contributed by atoms with Gasteiger partial charge < -0.3 is 11.1 Å². The second-order valence-corrected chi connectivity index (χ2v) is 7.33. The number of nitrogens with two attached hydrogens (primary N) is 1. The number of hydrogen-bond acceptors (Lipinski definition) is 7. The molecule has 138 valence electrons. The van der Waals surface area contributed by atoms with Crippen molar-refractivity contribution in [3.05, 3.63) is 57.4 Å². The standard InChI is InChI=1S/C18H16N4O3S2/c1-10-14(12-4-2-3-6-20-12)16(27-22-10)18(25)21-13(15(23)17(19)24)8-11-5-7-26-9-11/h2-7,9,13H,8H2,1H3,(H2,19,24)(H,21,25). The zero-order valence-corrected chi connectivity index (χ0v) is 16.0. The minimum atomic E-state index is -1.08. The quantitative estimate of drug-likeness (QED) is 0.589. The Kier molecular flexibility index (Phi) is 5.72. The molecule has 3 N–H and O–H groups in total. The SMILES string of the molecule is Cc1nsc(C(=O)NC(Cc2ccsc2)C(=O)C(N)=O)c1-c1ccccn1. The maximum Gasteiger partial charge on any atom is 0.287 e. The van der Waals surface area contributed by atoms with Gasteiger partial charge in [-0.05, 0) is 53.0 Å². The number of ketones is 1. The van der Waals surface area contributed by atoms with Crippen LogP contribution in [0.1, 0.15) is 20.9 Å².